The van der Waals surface area contributed by atoms with Crippen molar-refractivity contribution in [2.75, 3.05) is 0 Å². The van der Waals surface area contributed by atoms with E-state index in [1.54, 1.807) is 24.3 Å². The summed E-state index contributed by atoms with van der Waals surface area (Å²) in [5, 5.41) is 19.2. The van der Waals surface area contributed by atoms with Crippen LogP contribution in [0, 0.1) is 0 Å². The molecule has 0 fully saturated rings. The van der Waals surface area contributed by atoms with Gasteiger partial charge in [-0.2, -0.15) is 0 Å². The Labute approximate surface area is 133 Å². The van der Waals surface area contributed by atoms with Crippen LogP contribution in [-0.4, -0.2) is 22.2 Å². The summed E-state index contributed by atoms with van der Waals surface area (Å²) in [4.78, 5) is 23.4. The zero-order valence-corrected chi connectivity index (χ0v) is 12.5. The number of fused-ring (bicyclic) bond motifs is 4. The second kappa shape index (κ2) is 4.69. The molecule has 0 radical (unpaired) electrons. The van der Waals surface area contributed by atoms with Gasteiger partial charge in [0.2, 0.25) is 0 Å². The number of carboxylic acid groups (broad SMARTS) is 2. The second-order valence-corrected chi connectivity index (χ2v) is 6.37. The number of carbonyl (C=O) groups is 2. The van der Waals surface area contributed by atoms with E-state index in [0.29, 0.717) is 11.1 Å². The summed E-state index contributed by atoms with van der Waals surface area (Å²) in [7, 11) is 0. The molecular weight excluding hydrogens is 292 g/mol. The molecule has 23 heavy (non-hydrogen) atoms. The van der Waals surface area contributed by atoms with E-state index in [1.807, 2.05) is 12.1 Å². The summed E-state index contributed by atoms with van der Waals surface area (Å²) in [6.45, 7) is 0. The first-order chi connectivity index (χ1) is 11.0. The van der Waals surface area contributed by atoms with Crippen LogP contribution in [-0.2, 0) is 18.3 Å². The Balaban J connectivity index is 2.04. The molecule has 0 atom stereocenters. The molecule has 4 heteroatoms. The largest absolute Gasteiger partial charge is 0.478 e. The lowest BCUT2D eigenvalue weighted by molar-refractivity contribution is 0.0686. The van der Waals surface area contributed by atoms with Crippen LogP contribution in [0.5, 0.6) is 0 Å². The molecule has 2 aliphatic rings. The molecule has 4 nitrogen and oxygen atoms in total. The number of aromatic carboxylic acids is 2. The quantitative estimate of drug-likeness (QED) is 0.893. The van der Waals surface area contributed by atoms with Crippen molar-refractivity contribution in [2.45, 2.75) is 31.1 Å². The molecule has 116 valence electrons. The van der Waals surface area contributed by atoms with Crippen LogP contribution in [0.4, 0.5) is 0 Å². The topological polar surface area (TPSA) is 74.6 Å². The molecule has 0 aromatic heterocycles. The fourth-order valence-electron chi connectivity index (χ4n) is 4.55. The van der Waals surface area contributed by atoms with Gasteiger partial charge in [-0.05, 0) is 60.1 Å². The average Bonchev–Trinajstić information content (AvgIpc) is 3.10. The Hall–Kier alpha value is -2.62. The van der Waals surface area contributed by atoms with Crippen LogP contribution < -0.4 is 0 Å². The lowest BCUT2D eigenvalue weighted by Gasteiger charge is -2.29. The van der Waals surface area contributed by atoms with Crippen molar-refractivity contribution in [1.82, 2.24) is 0 Å². The van der Waals surface area contributed by atoms with Crippen molar-refractivity contribution in [3.63, 3.8) is 0 Å². The third-order valence-electron chi connectivity index (χ3n) is 5.36. The Morgan fingerprint density at radius 1 is 0.783 bits per heavy atom. The normalized spacial score (nSPS) is 17.0. The van der Waals surface area contributed by atoms with Crippen molar-refractivity contribution < 1.29 is 19.8 Å². The SMILES string of the molecule is O=C(O)c1cccc2c1C1(CC2)CCc2cccc(C(=O)O)c21. The van der Waals surface area contributed by atoms with Crippen LogP contribution in [0.25, 0.3) is 0 Å². The Bertz CT molecular complexity index is 779. The van der Waals surface area contributed by atoms with E-state index in [9.17, 15) is 19.8 Å². The molecule has 2 N–H and O–H groups in total. The number of hydrogen-bond acceptors (Lipinski definition) is 2. The fourth-order valence-corrected chi connectivity index (χ4v) is 4.55. The number of hydrogen-bond donors (Lipinski definition) is 2. The minimum atomic E-state index is -0.940. The molecule has 1 spiro atoms. The van der Waals surface area contributed by atoms with E-state index in [2.05, 4.69) is 0 Å². The van der Waals surface area contributed by atoms with Crippen molar-refractivity contribution in [1.29, 1.82) is 0 Å². The van der Waals surface area contributed by atoms with Crippen LogP contribution in [0.2, 0.25) is 0 Å². The van der Waals surface area contributed by atoms with Crippen molar-refractivity contribution in [3.05, 3.63) is 69.8 Å². The number of aryl methyl sites for hydroxylation is 2. The number of carboxylic acids is 2. The average molecular weight is 308 g/mol. The Kier molecular flexibility index (Phi) is 2.85. The second-order valence-electron chi connectivity index (χ2n) is 6.37. The lowest BCUT2D eigenvalue weighted by atomic mass is 9.73. The van der Waals surface area contributed by atoms with Crippen LogP contribution in [0.1, 0.15) is 55.8 Å². The highest BCUT2D eigenvalue weighted by Gasteiger charge is 2.48. The molecule has 0 amide bonds. The molecule has 0 heterocycles. The minimum Gasteiger partial charge on any atom is -0.478 e. The molecule has 2 aliphatic carbocycles. The zero-order valence-electron chi connectivity index (χ0n) is 12.5. The molecule has 0 saturated carbocycles. The van der Waals surface area contributed by atoms with E-state index < -0.39 is 17.4 Å². The highest BCUT2D eigenvalue weighted by molar-refractivity contribution is 5.94. The van der Waals surface area contributed by atoms with Gasteiger partial charge < -0.3 is 10.2 Å². The summed E-state index contributed by atoms with van der Waals surface area (Å²) in [6.07, 6.45) is 3.15. The molecule has 0 bridgehead atoms. The maximum atomic E-state index is 11.7. The van der Waals surface area contributed by atoms with E-state index in [1.165, 1.54) is 0 Å². The first-order valence-corrected chi connectivity index (χ1v) is 7.76. The summed E-state index contributed by atoms with van der Waals surface area (Å²) in [5.41, 5.74) is 3.91. The molecule has 0 unspecified atom stereocenters. The predicted octanol–water partition coefficient (Wildman–Crippen LogP) is 3.26. The van der Waals surface area contributed by atoms with E-state index in [4.69, 9.17) is 0 Å². The first kappa shape index (κ1) is 14.0. The molecule has 0 aliphatic heterocycles. The maximum Gasteiger partial charge on any atom is 0.336 e. The smallest absolute Gasteiger partial charge is 0.336 e. The van der Waals surface area contributed by atoms with Crippen molar-refractivity contribution >= 4 is 11.9 Å². The minimum absolute atomic E-state index is 0.313. The highest BCUT2D eigenvalue weighted by Crippen LogP contribution is 2.54. The van der Waals surface area contributed by atoms with Gasteiger partial charge in [0, 0.05) is 5.41 Å². The van der Waals surface area contributed by atoms with Gasteiger partial charge in [0.1, 0.15) is 0 Å². The standard InChI is InChI=1S/C19H16O4/c20-17(21)13-5-1-3-11-7-9-19(15(11)13)10-8-12-4-2-6-14(16(12)19)18(22)23/h1-6H,7-10H2,(H,20,21)(H,22,23). The Morgan fingerprint density at radius 3 is 1.61 bits per heavy atom. The van der Waals surface area contributed by atoms with E-state index in [-0.39, 0.29) is 0 Å². The van der Waals surface area contributed by atoms with Gasteiger partial charge in [-0.1, -0.05) is 24.3 Å². The molecular formula is C19H16O4. The Morgan fingerprint density at radius 2 is 1.22 bits per heavy atom. The highest BCUT2D eigenvalue weighted by atomic mass is 16.4. The lowest BCUT2D eigenvalue weighted by Crippen LogP contribution is -2.26. The number of benzene rings is 2. The molecule has 2 aromatic carbocycles. The van der Waals surface area contributed by atoms with Gasteiger partial charge in [0.05, 0.1) is 11.1 Å². The van der Waals surface area contributed by atoms with Gasteiger partial charge in [-0.15, -0.1) is 0 Å². The van der Waals surface area contributed by atoms with Crippen LogP contribution in [0.3, 0.4) is 0 Å². The third kappa shape index (κ3) is 1.78. The molecule has 0 saturated heterocycles. The molecule has 4 rings (SSSR count). The maximum absolute atomic E-state index is 11.7. The van der Waals surface area contributed by atoms with Gasteiger partial charge in [-0.25, -0.2) is 9.59 Å². The van der Waals surface area contributed by atoms with Crippen molar-refractivity contribution in [3.8, 4) is 0 Å². The van der Waals surface area contributed by atoms with Gasteiger partial charge >= 0.3 is 11.9 Å². The summed E-state index contributed by atoms with van der Waals surface area (Å²) in [5.74, 6) is -1.88. The fraction of sp³-hybridized carbons (Fsp3) is 0.263. The third-order valence-corrected chi connectivity index (χ3v) is 5.36. The van der Waals surface area contributed by atoms with Crippen LogP contribution in [0.15, 0.2) is 36.4 Å². The van der Waals surface area contributed by atoms with Crippen molar-refractivity contribution in [2.24, 2.45) is 0 Å². The van der Waals surface area contributed by atoms with Gasteiger partial charge in [0.15, 0.2) is 0 Å². The van der Waals surface area contributed by atoms with E-state index >= 15 is 0 Å². The first-order valence-electron chi connectivity index (χ1n) is 7.76. The van der Waals surface area contributed by atoms with E-state index in [0.717, 1.165) is 47.9 Å². The number of rotatable bonds is 2. The summed E-state index contributed by atoms with van der Waals surface area (Å²) in [6, 6.07) is 10.8. The zero-order chi connectivity index (χ0) is 16.2. The molecule has 2 aromatic rings. The van der Waals surface area contributed by atoms with Gasteiger partial charge in [-0.3, -0.25) is 0 Å². The summed E-state index contributed by atoms with van der Waals surface area (Å²) >= 11 is 0. The monoisotopic (exact) mass is 308 g/mol. The predicted molar refractivity (Wildman–Crippen MR) is 84.2 cm³/mol. The summed E-state index contributed by atoms with van der Waals surface area (Å²) < 4.78 is 0. The van der Waals surface area contributed by atoms with Crippen LogP contribution >= 0.6 is 0 Å². The van der Waals surface area contributed by atoms with Gasteiger partial charge in [0.25, 0.3) is 0 Å².